The van der Waals surface area contributed by atoms with Crippen LogP contribution in [0.4, 0.5) is 11.8 Å². The molecule has 4 rings (SSSR count). The molecule has 4 atom stereocenters. The van der Waals surface area contributed by atoms with E-state index in [1.165, 1.54) is 12.8 Å². The van der Waals surface area contributed by atoms with Crippen molar-refractivity contribution in [3.05, 3.63) is 11.8 Å². The topological polar surface area (TPSA) is 131 Å². The number of carbonyl (C=O) groups is 2. The minimum absolute atomic E-state index is 0.0326. The van der Waals surface area contributed by atoms with Gasteiger partial charge in [-0.1, -0.05) is 6.92 Å². The molecule has 1 aromatic rings. The Kier molecular flexibility index (Phi) is 7.47. The molecule has 9 nitrogen and oxygen atoms in total. The van der Waals surface area contributed by atoms with Crippen LogP contribution in [0.2, 0.25) is 0 Å². The van der Waals surface area contributed by atoms with Gasteiger partial charge in [-0.3, -0.25) is 9.59 Å². The fraction of sp³-hybridized carbons (Fsp3) is 0.714. The van der Waals surface area contributed by atoms with Gasteiger partial charge in [0.1, 0.15) is 5.82 Å². The Hall–Kier alpha value is -2.42. The Morgan fingerprint density at radius 2 is 2.03 bits per heavy atom. The van der Waals surface area contributed by atoms with E-state index in [9.17, 15) is 4.79 Å². The molecule has 3 fully saturated rings. The number of anilines is 2. The number of carboxylic acid groups (broad SMARTS) is 1. The molecule has 2 aliphatic carbocycles. The van der Waals surface area contributed by atoms with Gasteiger partial charge in [-0.25, -0.2) is 4.98 Å². The lowest BCUT2D eigenvalue weighted by Crippen LogP contribution is -2.50. The van der Waals surface area contributed by atoms with Gasteiger partial charge in [0.15, 0.2) is 0 Å². The molecule has 4 N–H and O–H groups in total. The van der Waals surface area contributed by atoms with E-state index in [1.807, 2.05) is 6.20 Å². The largest absolute Gasteiger partial charge is 0.483 e. The van der Waals surface area contributed by atoms with E-state index in [0.29, 0.717) is 17.8 Å². The van der Waals surface area contributed by atoms with Gasteiger partial charge in [-0.2, -0.15) is 4.98 Å². The van der Waals surface area contributed by atoms with Crippen molar-refractivity contribution >= 4 is 24.1 Å². The van der Waals surface area contributed by atoms with Crippen LogP contribution in [0.3, 0.4) is 0 Å². The van der Waals surface area contributed by atoms with Crippen LogP contribution in [0.15, 0.2) is 6.20 Å². The van der Waals surface area contributed by atoms with E-state index in [-0.39, 0.29) is 24.5 Å². The molecule has 166 valence electrons. The summed E-state index contributed by atoms with van der Waals surface area (Å²) in [4.78, 5) is 31.1. The third kappa shape index (κ3) is 5.59. The molecule has 30 heavy (non-hydrogen) atoms. The van der Waals surface area contributed by atoms with Gasteiger partial charge in [0.2, 0.25) is 11.9 Å². The first-order valence-electron chi connectivity index (χ1n) is 10.8. The zero-order valence-electron chi connectivity index (χ0n) is 17.8. The lowest BCUT2D eigenvalue weighted by Gasteiger charge is -2.38. The van der Waals surface area contributed by atoms with E-state index in [0.717, 1.165) is 56.3 Å². The summed E-state index contributed by atoms with van der Waals surface area (Å²) in [5.74, 6) is 3.19. The molecule has 0 unspecified atom stereocenters. The number of hydrogen-bond donors (Lipinski definition) is 3. The molecule has 1 amide bonds. The van der Waals surface area contributed by atoms with E-state index in [1.54, 1.807) is 6.92 Å². The lowest BCUT2D eigenvalue weighted by atomic mass is 9.77. The molecule has 2 heterocycles. The number of rotatable bonds is 6. The number of amides is 1. The first kappa shape index (κ1) is 22.3. The number of aromatic nitrogens is 2. The molecule has 1 saturated heterocycles. The number of nitrogens with one attached hydrogen (secondary N) is 1. The average Bonchev–Trinajstić information content (AvgIpc) is 3.44. The Balaban J connectivity index is 0.000000806. The summed E-state index contributed by atoms with van der Waals surface area (Å²) in [5, 5.41) is 10.0. The van der Waals surface area contributed by atoms with Gasteiger partial charge in [-0.05, 0) is 49.9 Å². The van der Waals surface area contributed by atoms with Crippen LogP contribution in [-0.4, -0.2) is 59.3 Å². The summed E-state index contributed by atoms with van der Waals surface area (Å²) in [5.41, 5.74) is 6.99. The summed E-state index contributed by atoms with van der Waals surface area (Å²) >= 11 is 0. The number of carbonyl (C=O) groups excluding carboxylic acids is 1. The highest BCUT2D eigenvalue weighted by atomic mass is 16.5. The molecule has 0 radical (unpaired) electrons. The maximum absolute atomic E-state index is 11.7. The minimum atomic E-state index is -0.250. The number of aryl methyl sites for hydroxylation is 1. The molecule has 0 spiro atoms. The number of nitrogen functional groups attached to an aromatic ring is 1. The summed E-state index contributed by atoms with van der Waals surface area (Å²) in [6, 6.07) is 0.114. The summed E-state index contributed by atoms with van der Waals surface area (Å²) in [6.07, 6.45) is 7.40. The highest BCUT2D eigenvalue weighted by Gasteiger charge is 2.44. The Labute approximate surface area is 177 Å². The molecular weight excluding hydrogens is 386 g/mol. The zero-order chi connectivity index (χ0) is 21.7. The van der Waals surface area contributed by atoms with Gasteiger partial charge in [0, 0.05) is 38.4 Å². The van der Waals surface area contributed by atoms with Crippen LogP contribution in [0.25, 0.3) is 0 Å². The highest BCUT2D eigenvalue weighted by molar-refractivity contribution is 5.73. The second-order valence-electron chi connectivity index (χ2n) is 8.55. The maximum Gasteiger partial charge on any atom is 0.290 e. The number of hydrogen-bond acceptors (Lipinski definition) is 7. The van der Waals surface area contributed by atoms with Gasteiger partial charge in [-0.15, -0.1) is 0 Å². The van der Waals surface area contributed by atoms with Crippen LogP contribution in [-0.2, 0) is 20.7 Å². The van der Waals surface area contributed by atoms with Gasteiger partial charge >= 0.3 is 0 Å². The molecule has 0 aromatic carbocycles. The Bertz CT molecular complexity index is 742. The van der Waals surface area contributed by atoms with Crippen molar-refractivity contribution in [2.24, 2.45) is 17.8 Å². The fourth-order valence-corrected chi connectivity index (χ4v) is 4.66. The van der Waals surface area contributed by atoms with E-state index in [4.69, 9.17) is 20.4 Å². The Morgan fingerprint density at radius 3 is 2.63 bits per heavy atom. The second kappa shape index (κ2) is 10.1. The van der Waals surface area contributed by atoms with Crippen molar-refractivity contribution in [1.29, 1.82) is 0 Å². The summed E-state index contributed by atoms with van der Waals surface area (Å²) < 4.78 is 6.25. The Morgan fingerprint density at radius 1 is 1.37 bits per heavy atom. The van der Waals surface area contributed by atoms with E-state index in [2.05, 4.69) is 27.1 Å². The van der Waals surface area contributed by atoms with Crippen LogP contribution in [0.1, 0.15) is 45.1 Å². The van der Waals surface area contributed by atoms with Crippen LogP contribution in [0.5, 0.6) is 0 Å². The van der Waals surface area contributed by atoms with Crippen molar-refractivity contribution in [1.82, 2.24) is 15.3 Å². The van der Waals surface area contributed by atoms with Crippen LogP contribution < -0.4 is 16.0 Å². The number of nitrogens with two attached hydrogens (primary N) is 1. The number of fused-ring (bicyclic) bond motifs is 1. The first-order chi connectivity index (χ1) is 14.4. The zero-order valence-corrected chi connectivity index (χ0v) is 17.8. The predicted molar refractivity (Wildman–Crippen MR) is 113 cm³/mol. The predicted octanol–water partition coefficient (Wildman–Crippen LogP) is 1.47. The van der Waals surface area contributed by atoms with Crippen LogP contribution in [0, 0.1) is 17.8 Å². The third-order valence-corrected chi connectivity index (χ3v) is 6.29. The molecular formula is C21H33N5O4. The number of nitrogens with zero attached hydrogens (tertiary/aromatic N) is 3. The van der Waals surface area contributed by atoms with Crippen molar-refractivity contribution in [2.45, 2.75) is 58.1 Å². The van der Waals surface area contributed by atoms with E-state index >= 15 is 0 Å². The molecule has 3 aliphatic rings. The maximum atomic E-state index is 11.7. The summed E-state index contributed by atoms with van der Waals surface area (Å²) in [7, 11) is 0. The highest BCUT2D eigenvalue weighted by Crippen LogP contribution is 2.40. The fourth-order valence-electron chi connectivity index (χ4n) is 4.66. The molecule has 9 heteroatoms. The second-order valence-corrected chi connectivity index (χ2v) is 8.55. The van der Waals surface area contributed by atoms with Gasteiger partial charge in [0.05, 0.1) is 12.1 Å². The van der Waals surface area contributed by atoms with Crippen molar-refractivity contribution < 1.29 is 19.4 Å². The summed E-state index contributed by atoms with van der Waals surface area (Å²) in [6.45, 7) is 6.24. The van der Waals surface area contributed by atoms with Crippen molar-refractivity contribution in [3.63, 3.8) is 0 Å². The SMILES string of the molecule is CCc1cnc(N)nc1N1C[C@H]2C[C@@H](NC(C)=O)[C@H](OCC3CC3)C[C@H]2C1.O=CO. The van der Waals surface area contributed by atoms with E-state index < -0.39 is 0 Å². The lowest BCUT2D eigenvalue weighted by molar-refractivity contribution is -0.123. The molecule has 1 aliphatic heterocycles. The monoisotopic (exact) mass is 419 g/mol. The first-order valence-corrected chi connectivity index (χ1v) is 10.8. The standard InChI is InChI=1S/C20H31N5O2.CH2O2/c1-3-14-8-22-20(21)24-19(14)25-9-15-6-17(23-12(2)26)18(7-16(15)10-25)27-11-13-4-5-13;2-1-3/h8,13,15-18H,3-7,9-11H2,1-2H3,(H,23,26)(H2,21,22,24);1H,(H,2,3)/t15-,16+,17-,18-;/m1./s1. The van der Waals surface area contributed by atoms with Gasteiger partial charge in [0.25, 0.3) is 6.47 Å². The quantitative estimate of drug-likeness (QED) is 0.591. The van der Waals surface area contributed by atoms with Crippen LogP contribution >= 0.6 is 0 Å². The third-order valence-electron chi connectivity index (χ3n) is 6.29. The normalized spacial score (nSPS) is 27.6. The number of ether oxygens (including phenoxy) is 1. The van der Waals surface area contributed by atoms with Crippen molar-refractivity contribution in [2.75, 3.05) is 30.3 Å². The molecule has 0 bridgehead atoms. The van der Waals surface area contributed by atoms with Crippen molar-refractivity contribution in [3.8, 4) is 0 Å². The van der Waals surface area contributed by atoms with Gasteiger partial charge < -0.3 is 25.8 Å². The molecule has 1 aromatic heterocycles. The molecule has 2 saturated carbocycles. The smallest absolute Gasteiger partial charge is 0.290 e. The average molecular weight is 420 g/mol. The minimum Gasteiger partial charge on any atom is -0.483 e.